The maximum atomic E-state index is 12.4. The molecule has 10 heteroatoms. The third-order valence-corrected chi connectivity index (χ3v) is 6.13. The number of nitrogens with zero attached hydrogens (tertiary/aromatic N) is 1. The van der Waals surface area contributed by atoms with Crippen LogP contribution in [0.3, 0.4) is 0 Å². The molecule has 2 aromatic rings. The van der Waals surface area contributed by atoms with Crippen LogP contribution in [0.1, 0.15) is 22.6 Å². The lowest BCUT2D eigenvalue weighted by Crippen LogP contribution is -2.50. The number of anilines is 1. The third-order valence-electron chi connectivity index (χ3n) is 5.57. The summed E-state index contributed by atoms with van der Waals surface area (Å²) in [5, 5.41) is 51.6. The van der Waals surface area contributed by atoms with Gasteiger partial charge in [-0.25, -0.2) is 0 Å². The SMILES string of the molecule is CN1Cc2c(Cl)cc(Cl)cc2[C@H](c2cccc(NC(=O)[C@H](O)[C@@H](O)[C@H](O)[C@H](O)CO)c2)C1. The van der Waals surface area contributed by atoms with E-state index in [1.165, 1.54) is 0 Å². The summed E-state index contributed by atoms with van der Waals surface area (Å²) in [5.41, 5.74) is 3.25. The average Bonchev–Trinajstić information content (AvgIpc) is 2.77. The number of benzene rings is 2. The summed E-state index contributed by atoms with van der Waals surface area (Å²) < 4.78 is 0. The van der Waals surface area contributed by atoms with Crippen LogP contribution in [0, 0.1) is 0 Å². The monoisotopic (exact) mass is 484 g/mol. The van der Waals surface area contributed by atoms with Crippen LogP contribution < -0.4 is 5.32 Å². The molecule has 0 aliphatic carbocycles. The highest BCUT2D eigenvalue weighted by atomic mass is 35.5. The molecule has 6 N–H and O–H groups in total. The number of rotatable bonds is 7. The van der Waals surface area contributed by atoms with Crippen LogP contribution in [0.25, 0.3) is 0 Å². The summed E-state index contributed by atoms with van der Waals surface area (Å²) in [4.78, 5) is 14.5. The fraction of sp³-hybridized carbons (Fsp3) is 0.409. The van der Waals surface area contributed by atoms with E-state index < -0.39 is 36.9 Å². The van der Waals surface area contributed by atoms with E-state index in [2.05, 4.69) is 10.2 Å². The number of carbonyl (C=O) groups is 1. The molecule has 0 spiro atoms. The van der Waals surface area contributed by atoms with Crippen LogP contribution in [0.5, 0.6) is 0 Å². The normalized spacial score (nSPS) is 20.2. The van der Waals surface area contributed by atoms with Crippen molar-refractivity contribution < 1.29 is 30.3 Å². The Bertz CT molecular complexity index is 975. The van der Waals surface area contributed by atoms with Crippen molar-refractivity contribution in [1.82, 2.24) is 4.90 Å². The van der Waals surface area contributed by atoms with Gasteiger partial charge in [0.1, 0.15) is 18.3 Å². The van der Waals surface area contributed by atoms with Crippen LogP contribution in [0.15, 0.2) is 36.4 Å². The molecular formula is C22H26Cl2N2O6. The first-order valence-corrected chi connectivity index (χ1v) is 10.8. The highest BCUT2D eigenvalue weighted by Gasteiger charge is 2.34. The topological polar surface area (TPSA) is 133 Å². The summed E-state index contributed by atoms with van der Waals surface area (Å²) in [6.45, 7) is 0.554. The van der Waals surface area contributed by atoms with Gasteiger partial charge >= 0.3 is 0 Å². The van der Waals surface area contributed by atoms with Gasteiger partial charge in [0, 0.05) is 34.7 Å². The van der Waals surface area contributed by atoms with E-state index in [1.807, 2.05) is 19.2 Å². The summed E-state index contributed by atoms with van der Waals surface area (Å²) in [5.74, 6) is -1.03. The van der Waals surface area contributed by atoms with E-state index in [1.54, 1.807) is 24.3 Å². The minimum absolute atomic E-state index is 0.0613. The Morgan fingerprint density at radius 1 is 1.16 bits per heavy atom. The van der Waals surface area contributed by atoms with Crippen molar-refractivity contribution in [1.29, 1.82) is 0 Å². The van der Waals surface area contributed by atoms with Gasteiger partial charge < -0.3 is 35.7 Å². The predicted molar refractivity (Wildman–Crippen MR) is 121 cm³/mol. The lowest BCUT2D eigenvalue weighted by Gasteiger charge is -2.33. The number of halogens is 2. The predicted octanol–water partition coefficient (Wildman–Crippen LogP) is 0.945. The molecule has 0 radical (unpaired) electrons. The van der Waals surface area contributed by atoms with Crippen LogP contribution in [0.4, 0.5) is 5.69 Å². The molecule has 0 unspecified atom stereocenters. The molecule has 3 rings (SSSR count). The van der Waals surface area contributed by atoms with E-state index in [4.69, 9.17) is 28.3 Å². The first-order valence-electron chi connectivity index (χ1n) is 10.0. The van der Waals surface area contributed by atoms with Gasteiger partial charge in [0.25, 0.3) is 5.91 Å². The molecule has 32 heavy (non-hydrogen) atoms. The number of aliphatic hydroxyl groups is 5. The van der Waals surface area contributed by atoms with Gasteiger partial charge in [-0.3, -0.25) is 4.79 Å². The largest absolute Gasteiger partial charge is 0.394 e. The molecule has 1 aliphatic rings. The molecule has 0 aromatic heterocycles. The Morgan fingerprint density at radius 2 is 1.88 bits per heavy atom. The Labute approximate surface area is 195 Å². The van der Waals surface area contributed by atoms with E-state index in [-0.39, 0.29) is 5.92 Å². The van der Waals surface area contributed by atoms with Gasteiger partial charge in [-0.2, -0.15) is 0 Å². The van der Waals surface area contributed by atoms with E-state index in [0.29, 0.717) is 28.8 Å². The molecular weight excluding hydrogens is 459 g/mol. The smallest absolute Gasteiger partial charge is 0.256 e. The van der Waals surface area contributed by atoms with Gasteiger partial charge in [-0.1, -0.05) is 35.3 Å². The number of amides is 1. The molecule has 0 fully saturated rings. The second-order valence-corrected chi connectivity index (χ2v) is 8.84. The van der Waals surface area contributed by atoms with Crippen molar-refractivity contribution in [3.05, 3.63) is 63.1 Å². The fourth-order valence-corrected chi connectivity index (χ4v) is 4.43. The Balaban J connectivity index is 1.82. The van der Waals surface area contributed by atoms with Crippen LogP contribution in [0.2, 0.25) is 10.0 Å². The van der Waals surface area contributed by atoms with Crippen molar-refractivity contribution in [2.45, 2.75) is 36.9 Å². The molecule has 1 heterocycles. The molecule has 1 amide bonds. The number of carbonyl (C=O) groups excluding carboxylic acids is 1. The maximum absolute atomic E-state index is 12.4. The van der Waals surface area contributed by atoms with E-state index in [9.17, 15) is 25.2 Å². The van der Waals surface area contributed by atoms with Crippen molar-refractivity contribution in [3.63, 3.8) is 0 Å². The Hall–Kier alpha value is -1.75. The molecule has 0 saturated carbocycles. The van der Waals surface area contributed by atoms with E-state index in [0.717, 1.165) is 16.7 Å². The molecule has 174 valence electrons. The molecule has 0 bridgehead atoms. The highest BCUT2D eigenvalue weighted by Crippen LogP contribution is 2.38. The number of fused-ring (bicyclic) bond motifs is 1. The summed E-state index contributed by atoms with van der Waals surface area (Å²) in [7, 11) is 1.98. The number of likely N-dealkylation sites (N-methyl/N-ethyl adjacent to an activating group) is 1. The van der Waals surface area contributed by atoms with Crippen molar-refractivity contribution >= 4 is 34.8 Å². The minimum Gasteiger partial charge on any atom is -0.394 e. The second-order valence-electron chi connectivity index (χ2n) is 8.00. The van der Waals surface area contributed by atoms with E-state index >= 15 is 0 Å². The number of hydrogen-bond acceptors (Lipinski definition) is 7. The van der Waals surface area contributed by atoms with Crippen molar-refractivity contribution in [2.75, 3.05) is 25.5 Å². The molecule has 1 aliphatic heterocycles. The molecule has 0 saturated heterocycles. The van der Waals surface area contributed by atoms with Crippen molar-refractivity contribution in [3.8, 4) is 0 Å². The van der Waals surface area contributed by atoms with Crippen LogP contribution in [-0.2, 0) is 11.3 Å². The van der Waals surface area contributed by atoms with Crippen LogP contribution >= 0.6 is 23.2 Å². The first kappa shape index (κ1) is 24.9. The molecule has 2 aromatic carbocycles. The van der Waals surface area contributed by atoms with Gasteiger partial charge in [-0.15, -0.1) is 0 Å². The summed E-state index contributed by atoms with van der Waals surface area (Å²) >= 11 is 12.6. The average molecular weight is 485 g/mol. The van der Waals surface area contributed by atoms with Gasteiger partial charge in [-0.05, 0) is 48.0 Å². The zero-order valence-electron chi connectivity index (χ0n) is 17.3. The number of nitrogens with one attached hydrogen (secondary N) is 1. The molecule has 5 atom stereocenters. The van der Waals surface area contributed by atoms with Crippen molar-refractivity contribution in [2.24, 2.45) is 0 Å². The maximum Gasteiger partial charge on any atom is 0.256 e. The van der Waals surface area contributed by atoms with Gasteiger partial charge in [0.05, 0.1) is 6.61 Å². The quantitative estimate of drug-likeness (QED) is 0.344. The third kappa shape index (κ3) is 5.41. The molecule has 8 nitrogen and oxygen atoms in total. The minimum atomic E-state index is -2.02. The standard InChI is InChI=1S/C22H26Cl2N2O6/c1-26-8-15(14-6-12(23)7-17(24)16(14)9-26)11-3-2-4-13(5-11)25-22(32)21(31)20(30)19(29)18(28)10-27/h2-7,15,18-21,27-31H,8-10H2,1H3,(H,25,32)/t15-,18+,19+,20-,21+/m0/s1. The van der Waals surface area contributed by atoms with Gasteiger partial charge in [0.2, 0.25) is 0 Å². The zero-order chi connectivity index (χ0) is 23.6. The highest BCUT2D eigenvalue weighted by molar-refractivity contribution is 6.35. The zero-order valence-corrected chi connectivity index (χ0v) is 18.8. The Morgan fingerprint density at radius 3 is 2.56 bits per heavy atom. The lowest BCUT2D eigenvalue weighted by molar-refractivity contribution is -0.144. The number of hydrogen-bond donors (Lipinski definition) is 6. The summed E-state index contributed by atoms with van der Waals surface area (Å²) in [6, 6.07) is 10.6. The summed E-state index contributed by atoms with van der Waals surface area (Å²) in [6.07, 6.45) is -7.59. The number of aliphatic hydroxyl groups excluding tert-OH is 5. The fourth-order valence-electron chi connectivity index (χ4n) is 3.86. The lowest BCUT2D eigenvalue weighted by atomic mass is 9.84. The second kappa shape index (κ2) is 10.5. The van der Waals surface area contributed by atoms with Gasteiger partial charge in [0.15, 0.2) is 6.10 Å². The Kier molecular flexibility index (Phi) is 8.13. The first-order chi connectivity index (χ1) is 15.1. The van der Waals surface area contributed by atoms with Crippen LogP contribution in [-0.4, -0.2) is 81.0 Å².